The number of methoxy groups -OCH3 is 1. The largest absolute Gasteiger partial charge is 0.496 e. The standard InChI is InChI=1S/C20H29N3O4/c1-3-23(12-18(24)25)15-10-14(11-15)22-19(26)21-13-20(8-9-20)16-6-4-5-7-17(16)27-2/h4-7,14-15H,3,8-13H2,1-2H3,(H,24,25)(H2,21,22,26). The lowest BCUT2D eigenvalue weighted by molar-refractivity contribution is -0.139. The van der Waals surface area contributed by atoms with E-state index in [1.165, 1.54) is 0 Å². The van der Waals surface area contributed by atoms with Crippen LogP contribution in [0.4, 0.5) is 4.79 Å². The number of hydrogen-bond donors (Lipinski definition) is 3. The Bertz CT molecular complexity index is 684. The average Bonchev–Trinajstić information content (AvgIpc) is 3.42. The summed E-state index contributed by atoms with van der Waals surface area (Å²) in [6, 6.07) is 8.18. The topological polar surface area (TPSA) is 90.9 Å². The Kier molecular flexibility index (Phi) is 5.89. The summed E-state index contributed by atoms with van der Waals surface area (Å²) in [5.41, 5.74) is 1.14. The molecule has 1 aromatic rings. The van der Waals surface area contributed by atoms with Gasteiger partial charge in [0.15, 0.2) is 0 Å². The van der Waals surface area contributed by atoms with Gasteiger partial charge in [-0.1, -0.05) is 25.1 Å². The number of amides is 2. The second-order valence-electron chi connectivity index (χ2n) is 7.59. The summed E-state index contributed by atoms with van der Waals surface area (Å²) in [6.45, 7) is 3.32. The number of urea groups is 1. The molecule has 0 spiro atoms. The van der Waals surface area contributed by atoms with Gasteiger partial charge in [-0.3, -0.25) is 9.69 Å². The smallest absolute Gasteiger partial charge is 0.317 e. The van der Waals surface area contributed by atoms with E-state index in [1.807, 2.05) is 30.0 Å². The third-order valence-corrected chi connectivity index (χ3v) is 5.83. The van der Waals surface area contributed by atoms with E-state index in [1.54, 1.807) is 7.11 Å². The minimum Gasteiger partial charge on any atom is -0.496 e. The van der Waals surface area contributed by atoms with Crippen LogP contribution < -0.4 is 15.4 Å². The van der Waals surface area contributed by atoms with Gasteiger partial charge in [-0.2, -0.15) is 0 Å². The number of nitrogens with zero attached hydrogens (tertiary/aromatic N) is 1. The van der Waals surface area contributed by atoms with Crippen LogP contribution in [-0.4, -0.2) is 60.8 Å². The lowest BCUT2D eigenvalue weighted by Crippen LogP contribution is -2.56. The summed E-state index contributed by atoms with van der Waals surface area (Å²) in [5.74, 6) is 0.0641. The molecule has 0 aromatic heterocycles. The van der Waals surface area contributed by atoms with Gasteiger partial charge < -0.3 is 20.5 Å². The van der Waals surface area contributed by atoms with Crippen molar-refractivity contribution in [2.75, 3.05) is 26.7 Å². The van der Waals surface area contributed by atoms with Crippen LogP contribution in [0.2, 0.25) is 0 Å². The van der Waals surface area contributed by atoms with Crippen molar-refractivity contribution in [1.29, 1.82) is 0 Å². The number of rotatable bonds is 9. The normalized spacial score (nSPS) is 22.6. The molecule has 2 fully saturated rings. The van der Waals surface area contributed by atoms with Crippen molar-refractivity contribution < 1.29 is 19.4 Å². The van der Waals surface area contributed by atoms with E-state index in [-0.39, 0.29) is 30.1 Å². The molecule has 3 rings (SSSR count). The molecule has 0 aliphatic heterocycles. The molecule has 7 heteroatoms. The first-order valence-corrected chi connectivity index (χ1v) is 9.61. The number of nitrogens with one attached hydrogen (secondary N) is 2. The maximum Gasteiger partial charge on any atom is 0.317 e. The molecule has 0 radical (unpaired) electrons. The average molecular weight is 375 g/mol. The highest BCUT2D eigenvalue weighted by molar-refractivity contribution is 5.74. The van der Waals surface area contributed by atoms with Gasteiger partial charge in [0.2, 0.25) is 0 Å². The number of ether oxygens (including phenoxy) is 1. The van der Waals surface area contributed by atoms with Crippen LogP contribution in [0.5, 0.6) is 5.75 Å². The summed E-state index contributed by atoms with van der Waals surface area (Å²) in [5, 5.41) is 15.0. The van der Waals surface area contributed by atoms with Crippen LogP contribution >= 0.6 is 0 Å². The van der Waals surface area contributed by atoms with E-state index in [0.29, 0.717) is 13.1 Å². The van der Waals surface area contributed by atoms with Gasteiger partial charge in [-0.05, 0) is 38.3 Å². The van der Waals surface area contributed by atoms with E-state index >= 15 is 0 Å². The number of aliphatic carboxylic acids is 1. The number of para-hydroxylation sites is 1. The molecule has 3 N–H and O–H groups in total. The Balaban J connectivity index is 1.44. The van der Waals surface area contributed by atoms with Crippen LogP contribution in [0.3, 0.4) is 0 Å². The molecule has 0 unspecified atom stereocenters. The zero-order valence-electron chi connectivity index (χ0n) is 16.0. The van der Waals surface area contributed by atoms with E-state index in [9.17, 15) is 9.59 Å². The maximum atomic E-state index is 12.3. The Morgan fingerprint density at radius 3 is 2.59 bits per heavy atom. The quantitative estimate of drug-likeness (QED) is 0.614. The molecule has 2 aliphatic carbocycles. The Morgan fingerprint density at radius 1 is 1.30 bits per heavy atom. The molecule has 7 nitrogen and oxygen atoms in total. The van der Waals surface area contributed by atoms with Gasteiger partial charge in [0.25, 0.3) is 0 Å². The van der Waals surface area contributed by atoms with Crippen molar-refractivity contribution in [3.63, 3.8) is 0 Å². The van der Waals surface area contributed by atoms with Crippen molar-refractivity contribution in [3.8, 4) is 5.75 Å². The Morgan fingerprint density at radius 2 is 2.00 bits per heavy atom. The van der Waals surface area contributed by atoms with Gasteiger partial charge in [-0.15, -0.1) is 0 Å². The highest BCUT2D eigenvalue weighted by Gasteiger charge is 2.46. The van der Waals surface area contributed by atoms with Crippen LogP contribution in [0.25, 0.3) is 0 Å². The van der Waals surface area contributed by atoms with Crippen LogP contribution in [0.15, 0.2) is 24.3 Å². The zero-order valence-corrected chi connectivity index (χ0v) is 16.0. The lowest BCUT2D eigenvalue weighted by atomic mass is 9.85. The molecule has 0 atom stereocenters. The Hall–Kier alpha value is -2.28. The van der Waals surface area contributed by atoms with Crippen molar-refractivity contribution in [1.82, 2.24) is 15.5 Å². The summed E-state index contributed by atoms with van der Waals surface area (Å²) in [7, 11) is 1.67. The molecule has 0 bridgehead atoms. The highest BCUT2D eigenvalue weighted by atomic mass is 16.5. The number of hydrogen-bond acceptors (Lipinski definition) is 4. The highest BCUT2D eigenvalue weighted by Crippen LogP contribution is 2.50. The summed E-state index contributed by atoms with van der Waals surface area (Å²) in [4.78, 5) is 25.1. The SMILES string of the molecule is CCN(CC(=O)O)C1CC(NC(=O)NCC2(c3ccccc3OC)CC2)C1. The monoisotopic (exact) mass is 375 g/mol. The second kappa shape index (κ2) is 8.17. The molecule has 2 saturated carbocycles. The van der Waals surface area contributed by atoms with Crippen LogP contribution in [0.1, 0.15) is 38.2 Å². The summed E-state index contributed by atoms with van der Waals surface area (Å²) < 4.78 is 5.47. The van der Waals surface area contributed by atoms with E-state index in [0.717, 1.165) is 37.0 Å². The molecule has 2 aliphatic rings. The molecule has 0 heterocycles. The summed E-state index contributed by atoms with van der Waals surface area (Å²) in [6.07, 6.45) is 3.68. The first kappa shape index (κ1) is 19.5. The number of likely N-dealkylation sites (N-methyl/N-ethyl adjacent to an activating group) is 1. The molecule has 0 saturated heterocycles. The number of carboxylic acid groups (broad SMARTS) is 1. The molecular formula is C20H29N3O4. The second-order valence-corrected chi connectivity index (χ2v) is 7.59. The number of benzene rings is 1. The minimum absolute atomic E-state index is 0.0212. The van der Waals surface area contributed by atoms with E-state index in [4.69, 9.17) is 9.84 Å². The van der Waals surface area contributed by atoms with Gasteiger partial charge in [0, 0.05) is 29.6 Å². The predicted octanol–water partition coefficient (Wildman–Crippen LogP) is 1.96. The van der Waals surface area contributed by atoms with E-state index < -0.39 is 5.97 Å². The maximum absolute atomic E-state index is 12.3. The number of carbonyl (C=O) groups excluding carboxylic acids is 1. The van der Waals surface area contributed by atoms with Crippen molar-refractivity contribution in [2.24, 2.45) is 0 Å². The molecular weight excluding hydrogens is 346 g/mol. The first-order valence-electron chi connectivity index (χ1n) is 9.61. The predicted molar refractivity (Wildman–Crippen MR) is 102 cm³/mol. The molecule has 1 aromatic carbocycles. The fraction of sp³-hybridized carbons (Fsp3) is 0.600. The fourth-order valence-electron chi connectivity index (χ4n) is 3.94. The van der Waals surface area contributed by atoms with Crippen molar-refractivity contribution >= 4 is 12.0 Å². The van der Waals surface area contributed by atoms with E-state index in [2.05, 4.69) is 16.7 Å². The van der Waals surface area contributed by atoms with Crippen molar-refractivity contribution in [2.45, 2.75) is 50.1 Å². The zero-order chi connectivity index (χ0) is 19.4. The third kappa shape index (κ3) is 4.53. The van der Waals surface area contributed by atoms with Gasteiger partial charge >= 0.3 is 12.0 Å². The minimum atomic E-state index is -0.808. The summed E-state index contributed by atoms with van der Waals surface area (Å²) >= 11 is 0. The van der Waals surface area contributed by atoms with Crippen LogP contribution in [-0.2, 0) is 10.2 Å². The molecule has 2 amide bonds. The van der Waals surface area contributed by atoms with Crippen molar-refractivity contribution in [3.05, 3.63) is 29.8 Å². The Labute approximate surface area is 160 Å². The van der Waals surface area contributed by atoms with Gasteiger partial charge in [0.05, 0.1) is 13.7 Å². The lowest BCUT2D eigenvalue weighted by Gasteiger charge is -2.42. The van der Waals surface area contributed by atoms with Gasteiger partial charge in [-0.25, -0.2) is 4.79 Å². The number of carboxylic acids is 1. The third-order valence-electron chi connectivity index (χ3n) is 5.83. The fourth-order valence-corrected chi connectivity index (χ4v) is 3.94. The number of carbonyl (C=O) groups is 2. The van der Waals surface area contributed by atoms with Crippen LogP contribution in [0, 0.1) is 0 Å². The molecule has 27 heavy (non-hydrogen) atoms. The molecule has 148 valence electrons. The van der Waals surface area contributed by atoms with Gasteiger partial charge in [0.1, 0.15) is 5.75 Å². The first-order chi connectivity index (χ1) is 13.0.